The van der Waals surface area contributed by atoms with Gasteiger partial charge in [0.05, 0.1) is 11.3 Å². The van der Waals surface area contributed by atoms with Gasteiger partial charge in [0.15, 0.2) is 5.13 Å². The molecule has 1 aromatic heterocycles. The molecule has 2 aromatic carbocycles. The zero-order chi connectivity index (χ0) is 18.4. The molecule has 7 heteroatoms. The predicted molar refractivity (Wildman–Crippen MR) is 101 cm³/mol. The van der Waals surface area contributed by atoms with Crippen LogP contribution in [0, 0.1) is 5.82 Å². The average Bonchev–Trinajstić information content (AvgIpc) is 3.14. The molecule has 0 aliphatic heterocycles. The monoisotopic (exact) mass is 367 g/mol. The maximum Gasteiger partial charge on any atom is 0.259 e. The molecule has 0 bridgehead atoms. The first-order valence-corrected chi connectivity index (χ1v) is 8.54. The van der Waals surface area contributed by atoms with Crippen LogP contribution in [0.3, 0.4) is 0 Å². The van der Waals surface area contributed by atoms with Gasteiger partial charge in [-0.05, 0) is 35.9 Å². The lowest BCUT2D eigenvalue weighted by Crippen LogP contribution is -2.16. The van der Waals surface area contributed by atoms with Crippen molar-refractivity contribution in [2.75, 3.05) is 10.6 Å². The van der Waals surface area contributed by atoms with Crippen LogP contribution in [0.25, 0.3) is 6.08 Å². The highest BCUT2D eigenvalue weighted by Crippen LogP contribution is 2.18. The number of carbonyl (C=O) groups is 2. The zero-order valence-electron chi connectivity index (χ0n) is 13.5. The molecule has 5 nitrogen and oxygen atoms in total. The van der Waals surface area contributed by atoms with Crippen LogP contribution in [-0.2, 0) is 4.79 Å². The molecule has 0 saturated carbocycles. The quantitative estimate of drug-likeness (QED) is 0.665. The van der Waals surface area contributed by atoms with E-state index in [0.29, 0.717) is 21.9 Å². The van der Waals surface area contributed by atoms with Crippen LogP contribution in [-0.4, -0.2) is 16.8 Å². The Kier molecular flexibility index (Phi) is 5.50. The molecule has 130 valence electrons. The Bertz CT molecular complexity index is 938. The van der Waals surface area contributed by atoms with Gasteiger partial charge in [-0.15, -0.1) is 11.3 Å². The number of aromatic nitrogens is 1. The molecular formula is C19H14FN3O2S. The minimum absolute atomic E-state index is 0.325. The summed E-state index contributed by atoms with van der Waals surface area (Å²) >= 11 is 1.30. The maximum absolute atomic E-state index is 12.9. The molecule has 2 amide bonds. The molecule has 0 unspecified atom stereocenters. The number of hydrogen-bond acceptors (Lipinski definition) is 4. The second-order valence-corrected chi connectivity index (χ2v) is 6.11. The lowest BCUT2D eigenvalue weighted by atomic mass is 10.1. The molecule has 0 radical (unpaired) electrons. The highest BCUT2D eigenvalue weighted by atomic mass is 32.1. The number of para-hydroxylation sites is 1. The van der Waals surface area contributed by atoms with Crippen LogP contribution in [0.2, 0.25) is 0 Å². The molecule has 0 atom stereocenters. The third-order valence-electron chi connectivity index (χ3n) is 3.38. The van der Waals surface area contributed by atoms with Gasteiger partial charge < -0.3 is 5.32 Å². The van der Waals surface area contributed by atoms with Crippen LogP contribution >= 0.6 is 11.3 Å². The number of nitrogens with one attached hydrogen (secondary N) is 2. The van der Waals surface area contributed by atoms with Gasteiger partial charge in [-0.2, -0.15) is 0 Å². The van der Waals surface area contributed by atoms with Crippen LogP contribution in [0.4, 0.5) is 15.2 Å². The first-order valence-electron chi connectivity index (χ1n) is 7.66. The Balaban J connectivity index is 1.70. The summed E-state index contributed by atoms with van der Waals surface area (Å²) in [6.07, 6.45) is 4.48. The van der Waals surface area contributed by atoms with E-state index in [1.807, 2.05) is 0 Å². The lowest BCUT2D eigenvalue weighted by molar-refractivity contribution is -0.111. The van der Waals surface area contributed by atoms with Gasteiger partial charge in [-0.3, -0.25) is 14.9 Å². The minimum atomic E-state index is -0.399. The molecular weight excluding hydrogens is 353 g/mol. The van der Waals surface area contributed by atoms with Crippen molar-refractivity contribution in [1.29, 1.82) is 0 Å². The number of anilines is 2. The Morgan fingerprint density at radius 3 is 2.54 bits per heavy atom. The second-order valence-electron chi connectivity index (χ2n) is 5.21. The molecule has 26 heavy (non-hydrogen) atoms. The fourth-order valence-corrected chi connectivity index (χ4v) is 2.68. The summed E-state index contributed by atoms with van der Waals surface area (Å²) < 4.78 is 12.9. The highest BCUT2D eigenvalue weighted by molar-refractivity contribution is 7.13. The molecule has 0 aliphatic carbocycles. The van der Waals surface area contributed by atoms with E-state index < -0.39 is 5.91 Å². The number of rotatable bonds is 5. The summed E-state index contributed by atoms with van der Waals surface area (Å²) in [6.45, 7) is 0. The van der Waals surface area contributed by atoms with Crippen molar-refractivity contribution in [3.05, 3.63) is 83.1 Å². The molecule has 0 aliphatic rings. The van der Waals surface area contributed by atoms with Crippen molar-refractivity contribution in [3.63, 3.8) is 0 Å². The zero-order valence-corrected chi connectivity index (χ0v) is 14.3. The van der Waals surface area contributed by atoms with Crippen molar-refractivity contribution in [2.45, 2.75) is 0 Å². The Morgan fingerprint density at radius 2 is 1.81 bits per heavy atom. The van der Waals surface area contributed by atoms with Crippen molar-refractivity contribution >= 4 is 40.0 Å². The summed E-state index contributed by atoms with van der Waals surface area (Å²) in [4.78, 5) is 28.5. The molecule has 0 fully saturated rings. The maximum atomic E-state index is 12.9. The standard InChI is InChI=1S/C19H14FN3O2S/c20-14-8-5-13(6-9-14)7-10-17(24)22-16-4-2-1-3-15(16)18(25)23-19-21-11-12-26-19/h1-12H,(H,22,24)(H,21,23,25)/b10-7+. The topological polar surface area (TPSA) is 71.1 Å². The van der Waals surface area contributed by atoms with E-state index in [1.165, 1.54) is 29.5 Å². The predicted octanol–water partition coefficient (Wildman–Crippen LogP) is 4.19. The fourth-order valence-electron chi connectivity index (χ4n) is 2.16. The molecule has 0 saturated heterocycles. The van der Waals surface area contributed by atoms with E-state index in [-0.39, 0.29) is 11.7 Å². The van der Waals surface area contributed by atoms with Gasteiger partial charge in [0, 0.05) is 17.7 Å². The average molecular weight is 367 g/mol. The normalized spacial score (nSPS) is 10.7. The van der Waals surface area contributed by atoms with Crippen molar-refractivity contribution in [2.24, 2.45) is 0 Å². The summed E-state index contributed by atoms with van der Waals surface area (Å²) in [7, 11) is 0. The molecule has 3 aromatic rings. The summed E-state index contributed by atoms with van der Waals surface area (Å²) in [5.74, 6) is -1.10. The van der Waals surface area contributed by atoms with Crippen molar-refractivity contribution in [3.8, 4) is 0 Å². The number of thiazole rings is 1. The van der Waals surface area contributed by atoms with Crippen LogP contribution in [0.15, 0.2) is 66.2 Å². The van der Waals surface area contributed by atoms with Gasteiger partial charge >= 0.3 is 0 Å². The number of benzene rings is 2. The van der Waals surface area contributed by atoms with E-state index in [9.17, 15) is 14.0 Å². The van der Waals surface area contributed by atoms with E-state index >= 15 is 0 Å². The third kappa shape index (κ3) is 4.61. The Labute approximate surface area is 153 Å². The third-order valence-corrected chi connectivity index (χ3v) is 4.07. The number of nitrogens with zero attached hydrogens (tertiary/aromatic N) is 1. The van der Waals surface area contributed by atoms with Crippen LogP contribution < -0.4 is 10.6 Å². The number of amides is 2. The lowest BCUT2D eigenvalue weighted by Gasteiger charge is -2.09. The number of carbonyl (C=O) groups excluding carboxylic acids is 2. The minimum Gasteiger partial charge on any atom is -0.322 e. The van der Waals surface area contributed by atoms with Crippen molar-refractivity contribution < 1.29 is 14.0 Å². The first kappa shape index (κ1) is 17.5. The molecule has 3 rings (SSSR count). The fraction of sp³-hybridized carbons (Fsp3) is 0. The number of halogens is 1. The van der Waals surface area contributed by atoms with Crippen LogP contribution in [0.1, 0.15) is 15.9 Å². The SMILES string of the molecule is O=C(/C=C/c1ccc(F)cc1)Nc1ccccc1C(=O)Nc1nccs1. The smallest absolute Gasteiger partial charge is 0.259 e. The van der Waals surface area contributed by atoms with E-state index in [4.69, 9.17) is 0 Å². The first-order chi connectivity index (χ1) is 12.6. The van der Waals surface area contributed by atoms with Crippen LogP contribution in [0.5, 0.6) is 0 Å². The van der Waals surface area contributed by atoms with E-state index in [0.717, 1.165) is 0 Å². The molecule has 0 spiro atoms. The van der Waals surface area contributed by atoms with Gasteiger partial charge in [0.25, 0.3) is 5.91 Å². The van der Waals surface area contributed by atoms with E-state index in [1.54, 1.807) is 54.1 Å². The molecule has 2 N–H and O–H groups in total. The van der Waals surface area contributed by atoms with Gasteiger partial charge in [-0.1, -0.05) is 24.3 Å². The number of hydrogen-bond donors (Lipinski definition) is 2. The van der Waals surface area contributed by atoms with E-state index in [2.05, 4.69) is 15.6 Å². The largest absolute Gasteiger partial charge is 0.322 e. The second kappa shape index (κ2) is 8.17. The van der Waals surface area contributed by atoms with Gasteiger partial charge in [0.2, 0.25) is 5.91 Å². The Morgan fingerprint density at radius 1 is 1.04 bits per heavy atom. The summed E-state index contributed by atoms with van der Waals surface area (Å²) in [5, 5.41) is 7.59. The van der Waals surface area contributed by atoms with Gasteiger partial charge in [-0.25, -0.2) is 9.37 Å². The molecule has 1 heterocycles. The highest BCUT2D eigenvalue weighted by Gasteiger charge is 2.13. The van der Waals surface area contributed by atoms with Crippen molar-refractivity contribution in [1.82, 2.24) is 4.98 Å². The van der Waals surface area contributed by atoms with Gasteiger partial charge in [0.1, 0.15) is 5.82 Å². The summed E-state index contributed by atoms with van der Waals surface area (Å²) in [6, 6.07) is 12.4. The summed E-state index contributed by atoms with van der Waals surface area (Å²) in [5.41, 5.74) is 1.40. The Hall–Kier alpha value is -3.32.